The van der Waals surface area contributed by atoms with Crippen LogP contribution in [0.3, 0.4) is 0 Å². The highest BCUT2D eigenvalue weighted by molar-refractivity contribution is 6.00. The summed E-state index contributed by atoms with van der Waals surface area (Å²) in [6.07, 6.45) is 5.44. The summed E-state index contributed by atoms with van der Waals surface area (Å²) in [5.74, 6) is 1.55. The Hall–Kier alpha value is -3.98. The molecule has 4 heterocycles. The van der Waals surface area contributed by atoms with Gasteiger partial charge >= 0.3 is 6.09 Å². The predicted molar refractivity (Wildman–Crippen MR) is 187 cm³/mol. The number of rotatable bonds is 7. The summed E-state index contributed by atoms with van der Waals surface area (Å²) >= 11 is 0. The summed E-state index contributed by atoms with van der Waals surface area (Å²) < 4.78 is 20.5. The molecule has 2 bridgehead atoms. The molecule has 2 amide bonds. The summed E-state index contributed by atoms with van der Waals surface area (Å²) in [6.45, 7) is 12.0. The SMILES string of the molecule is COC1CCN(c2ccc3cc(-c4oc5cc(C(=O)N6CC7CCC6(C(C)(C)C)[C@@H]7OC(N)=O)ccc5c4C)n(CC4CC4)c3c2)CC1. The van der Waals surface area contributed by atoms with Crippen LogP contribution in [0.1, 0.15) is 75.2 Å². The molecule has 3 atom stereocenters. The lowest BCUT2D eigenvalue weighted by atomic mass is 9.70. The van der Waals surface area contributed by atoms with E-state index in [1.807, 2.05) is 30.2 Å². The fourth-order valence-corrected chi connectivity index (χ4v) is 9.24. The molecule has 8 rings (SSSR count). The van der Waals surface area contributed by atoms with Crippen LogP contribution in [0.25, 0.3) is 33.3 Å². The van der Waals surface area contributed by atoms with E-state index in [2.05, 4.69) is 61.4 Å². The lowest BCUT2D eigenvalue weighted by molar-refractivity contribution is -0.0359. The molecule has 4 aromatic rings. The van der Waals surface area contributed by atoms with Gasteiger partial charge in [-0.15, -0.1) is 0 Å². The van der Waals surface area contributed by atoms with Gasteiger partial charge in [0.1, 0.15) is 11.7 Å². The van der Waals surface area contributed by atoms with E-state index in [1.54, 1.807) is 0 Å². The first kappa shape index (κ1) is 31.3. The van der Waals surface area contributed by atoms with Crippen LogP contribution in [0, 0.1) is 24.2 Å². The second-order valence-electron chi connectivity index (χ2n) is 15.8. The molecule has 2 N–H and O–H groups in total. The summed E-state index contributed by atoms with van der Waals surface area (Å²) in [7, 11) is 1.81. The number of benzene rings is 2. The number of anilines is 1. The highest BCUT2D eigenvalue weighted by Crippen LogP contribution is 2.57. The van der Waals surface area contributed by atoms with Crippen LogP contribution in [0.4, 0.5) is 10.5 Å². The van der Waals surface area contributed by atoms with E-state index in [4.69, 9.17) is 19.6 Å². The van der Waals surface area contributed by atoms with Crippen LogP contribution in [0.15, 0.2) is 46.9 Å². The lowest BCUT2D eigenvalue weighted by Gasteiger charge is -2.49. The molecule has 9 nitrogen and oxygen atoms in total. The number of likely N-dealkylation sites (tertiary alicyclic amines) is 1. The van der Waals surface area contributed by atoms with Crippen molar-refractivity contribution in [3.05, 3.63) is 53.6 Å². The van der Waals surface area contributed by atoms with Crippen molar-refractivity contribution >= 4 is 39.6 Å². The normalized spacial score (nSPS) is 24.7. The summed E-state index contributed by atoms with van der Waals surface area (Å²) in [6, 6.07) is 15.0. The van der Waals surface area contributed by atoms with Crippen molar-refractivity contribution < 1.29 is 23.5 Å². The quantitative estimate of drug-likeness (QED) is 0.222. The Labute approximate surface area is 282 Å². The molecule has 9 heteroatoms. The fraction of sp³-hybridized carbons (Fsp3) is 0.538. The zero-order chi connectivity index (χ0) is 33.5. The lowest BCUT2D eigenvalue weighted by Crippen LogP contribution is -2.60. The Morgan fingerprint density at radius 2 is 1.79 bits per heavy atom. The van der Waals surface area contributed by atoms with Crippen molar-refractivity contribution in [3.8, 4) is 11.5 Å². The highest BCUT2D eigenvalue weighted by Gasteiger charge is 2.66. The molecule has 4 aliphatic rings. The number of carbonyl (C=O) groups is 2. The predicted octanol–water partition coefficient (Wildman–Crippen LogP) is 7.50. The van der Waals surface area contributed by atoms with Gasteiger partial charge in [-0.1, -0.05) is 32.9 Å². The van der Waals surface area contributed by atoms with Gasteiger partial charge in [0.05, 0.1) is 22.9 Å². The number of nitrogens with two attached hydrogens (primary N) is 1. The fourth-order valence-electron chi connectivity index (χ4n) is 9.24. The van der Waals surface area contributed by atoms with E-state index >= 15 is 0 Å². The molecule has 254 valence electrons. The Kier molecular flexibility index (Phi) is 7.36. The van der Waals surface area contributed by atoms with Crippen molar-refractivity contribution in [3.63, 3.8) is 0 Å². The first-order valence-electron chi connectivity index (χ1n) is 17.7. The van der Waals surface area contributed by atoms with Crippen LogP contribution < -0.4 is 10.6 Å². The zero-order valence-corrected chi connectivity index (χ0v) is 28.9. The number of hydrogen-bond acceptors (Lipinski definition) is 6. The van der Waals surface area contributed by atoms with Gasteiger partial charge < -0.3 is 34.0 Å². The van der Waals surface area contributed by atoms with E-state index in [0.29, 0.717) is 29.7 Å². The van der Waals surface area contributed by atoms with Gasteiger partial charge in [-0.05, 0) is 87.1 Å². The van der Waals surface area contributed by atoms with Gasteiger partial charge in [0.2, 0.25) is 0 Å². The van der Waals surface area contributed by atoms with Crippen molar-refractivity contribution in [1.82, 2.24) is 9.47 Å². The van der Waals surface area contributed by atoms with Gasteiger partial charge in [0.25, 0.3) is 5.91 Å². The van der Waals surface area contributed by atoms with Gasteiger partial charge in [0, 0.05) is 66.8 Å². The second-order valence-corrected chi connectivity index (χ2v) is 15.8. The number of aromatic nitrogens is 1. The monoisotopic (exact) mass is 652 g/mol. The largest absolute Gasteiger partial charge is 0.454 e. The standard InChI is InChI=1S/C39H48N4O5/c1-23-30-11-9-26(36(44)43-22-27-12-15-39(43,38(2,3)4)35(27)48-37(40)45)19-33(30)47-34(23)32-18-25-8-10-28(41-16-13-29(46-5)14-17-41)20-31(25)42(32)21-24-6-7-24/h8-11,18-20,24,27,29,35H,6-7,12-17,21-22H2,1-5H3,(H2,40,45)/t27?,35-,39?/m1/s1. The van der Waals surface area contributed by atoms with E-state index in [0.717, 1.165) is 67.7 Å². The molecular weight excluding hydrogens is 604 g/mol. The summed E-state index contributed by atoms with van der Waals surface area (Å²) in [5, 5.41) is 2.22. The smallest absolute Gasteiger partial charge is 0.404 e. The zero-order valence-electron chi connectivity index (χ0n) is 28.9. The summed E-state index contributed by atoms with van der Waals surface area (Å²) in [5.41, 5.74) is 10.5. The van der Waals surface area contributed by atoms with Crippen molar-refractivity contribution in [1.29, 1.82) is 0 Å². The van der Waals surface area contributed by atoms with E-state index in [1.165, 1.54) is 29.4 Å². The number of primary amides is 1. The van der Waals surface area contributed by atoms with Gasteiger partial charge in [0.15, 0.2) is 5.76 Å². The first-order valence-corrected chi connectivity index (χ1v) is 17.7. The molecule has 0 spiro atoms. The third-order valence-corrected chi connectivity index (χ3v) is 12.1. The van der Waals surface area contributed by atoms with Gasteiger partial charge in [-0.2, -0.15) is 0 Å². The Bertz CT molecular complexity index is 1910. The minimum atomic E-state index is -0.781. The first-order chi connectivity index (χ1) is 23.0. The number of furan rings is 1. The van der Waals surface area contributed by atoms with Crippen LogP contribution in [-0.4, -0.2) is 66.0 Å². The van der Waals surface area contributed by atoms with Crippen LogP contribution >= 0.6 is 0 Å². The maximum atomic E-state index is 14.3. The third-order valence-electron chi connectivity index (χ3n) is 12.1. The number of ether oxygens (including phenoxy) is 2. The molecule has 2 aromatic carbocycles. The number of carbonyl (C=O) groups excluding carboxylic acids is 2. The van der Waals surface area contributed by atoms with Crippen molar-refractivity contribution in [2.24, 2.45) is 23.0 Å². The Balaban J connectivity index is 1.15. The molecule has 2 aliphatic heterocycles. The van der Waals surface area contributed by atoms with Crippen LogP contribution in [-0.2, 0) is 16.0 Å². The molecule has 2 saturated heterocycles. The third kappa shape index (κ3) is 4.91. The molecule has 4 fully saturated rings. The maximum Gasteiger partial charge on any atom is 0.404 e. The average molecular weight is 653 g/mol. The summed E-state index contributed by atoms with van der Waals surface area (Å²) in [4.78, 5) is 30.7. The molecule has 2 aliphatic carbocycles. The minimum absolute atomic E-state index is 0.0624. The molecule has 2 aromatic heterocycles. The number of fused-ring (bicyclic) bond motifs is 4. The number of nitrogens with zero attached hydrogens (tertiary/aromatic N) is 3. The average Bonchev–Trinajstić information content (AvgIpc) is 3.47. The van der Waals surface area contributed by atoms with Crippen LogP contribution in [0.2, 0.25) is 0 Å². The number of amides is 2. The number of piperidine rings is 2. The van der Waals surface area contributed by atoms with Crippen LogP contribution in [0.5, 0.6) is 0 Å². The topological polar surface area (TPSA) is 103 Å². The number of methoxy groups -OCH3 is 1. The van der Waals surface area contributed by atoms with Crippen molar-refractivity contribution in [2.45, 2.75) is 90.5 Å². The molecule has 2 unspecified atom stereocenters. The molecule has 0 radical (unpaired) electrons. The minimum Gasteiger partial charge on any atom is -0.454 e. The molecule has 48 heavy (non-hydrogen) atoms. The maximum absolute atomic E-state index is 14.3. The Morgan fingerprint density at radius 3 is 2.48 bits per heavy atom. The molecule has 2 saturated carbocycles. The van der Waals surface area contributed by atoms with Crippen molar-refractivity contribution in [2.75, 3.05) is 31.6 Å². The Morgan fingerprint density at radius 1 is 1.02 bits per heavy atom. The second kappa shape index (κ2) is 11.3. The van der Waals surface area contributed by atoms with Gasteiger partial charge in [-0.25, -0.2) is 4.79 Å². The van der Waals surface area contributed by atoms with Gasteiger partial charge in [-0.3, -0.25) is 4.79 Å². The number of hydrogen-bond donors (Lipinski definition) is 1. The number of aryl methyl sites for hydroxylation is 1. The van der Waals surface area contributed by atoms with E-state index in [9.17, 15) is 9.59 Å². The highest BCUT2D eigenvalue weighted by atomic mass is 16.6. The molecular formula is C39H48N4O5. The van der Waals surface area contributed by atoms with E-state index < -0.39 is 17.7 Å². The van der Waals surface area contributed by atoms with E-state index in [-0.39, 0.29) is 17.2 Å².